The number of aromatic nitrogens is 2. The molecule has 0 N–H and O–H groups in total. The fourth-order valence-electron chi connectivity index (χ4n) is 5.37. The van der Waals surface area contributed by atoms with E-state index < -0.39 is 11.9 Å². The molecule has 2 aromatic carbocycles. The standard InChI is InChI=1S/C36H44N2O4/c1-3-5-7-9-11-17-23-41-35(39)33-27-19-13-15-21-31(27)37-25-29(33)30-26-38-32-22-16-14-20-28(32)34(30)36(40)42-24-18-12-10-8-6-4-2/h13-16,19-22,25-26H,3-12,17-18,23-24H2,1-2H3. The third kappa shape index (κ3) is 8.15. The minimum atomic E-state index is -0.420. The molecular weight excluding hydrogens is 524 g/mol. The Kier molecular flexibility index (Phi) is 12.3. The van der Waals surface area contributed by atoms with Gasteiger partial charge in [-0.05, 0) is 25.0 Å². The summed E-state index contributed by atoms with van der Waals surface area (Å²) in [5.41, 5.74) is 3.21. The van der Waals surface area contributed by atoms with Gasteiger partial charge in [-0.3, -0.25) is 9.97 Å². The smallest absolute Gasteiger partial charge is 0.339 e. The highest BCUT2D eigenvalue weighted by atomic mass is 16.5. The summed E-state index contributed by atoms with van der Waals surface area (Å²) in [6.45, 7) is 5.10. The zero-order chi connectivity index (χ0) is 29.6. The van der Waals surface area contributed by atoms with E-state index in [4.69, 9.17) is 9.47 Å². The Balaban J connectivity index is 1.64. The summed E-state index contributed by atoms with van der Waals surface area (Å²) in [7, 11) is 0. The molecule has 4 aromatic rings. The van der Waals surface area contributed by atoms with Crippen molar-refractivity contribution < 1.29 is 19.1 Å². The molecule has 0 saturated carbocycles. The number of para-hydroxylation sites is 2. The van der Waals surface area contributed by atoms with Crippen LogP contribution in [-0.4, -0.2) is 35.1 Å². The van der Waals surface area contributed by atoms with E-state index >= 15 is 0 Å². The van der Waals surface area contributed by atoms with Gasteiger partial charge in [0.05, 0.1) is 35.4 Å². The SMILES string of the molecule is CCCCCCCCOC(=O)c1c(-c2cnc3ccccc3c2C(=O)OCCCCCCCC)cnc2ccccc12. The average Bonchev–Trinajstić information content (AvgIpc) is 3.02. The third-order valence-corrected chi connectivity index (χ3v) is 7.71. The second-order valence-electron chi connectivity index (χ2n) is 10.9. The lowest BCUT2D eigenvalue weighted by atomic mass is 9.93. The second kappa shape index (κ2) is 16.6. The minimum absolute atomic E-state index is 0.351. The largest absolute Gasteiger partial charge is 0.462 e. The van der Waals surface area contributed by atoms with E-state index in [1.54, 1.807) is 12.4 Å². The molecule has 0 saturated heterocycles. The quantitative estimate of drug-likeness (QED) is 0.0932. The number of carbonyl (C=O) groups is 2. The molecule has 0 bridgehead atoms. The Morgan fingerprint density at radius 1 is 0.548 bits per heavy atom. The van der Waals surface area contributed by atoms with Crippen molar-refractivity contribution in [2.45, 2.75) is 90.9 Å². The molecule has 42 heavy (non-hydrogen) atoms. The zero-order valence-electron chi connectivity index (χ0n) is 25.2. The molecule has 0 aliphatic carbocycles. The predicted octanol–water partition coefficient (Wildman–Crippen LogP) is 9.48. The van der Waals surface area contributed by atoms with Gasteiger partial charge in [0.25, 0.3) is 0 Å². The lowest BCUT2D eigenvalue weighted by molar-refractivity contribution is 0.0489. The van der Waals surface area contributed by atoms with Gasteiger partial charge in [-0.25, -0.2) is 9.59 Å². The monoisotopic (exact) mass is 568 g/mol. The number of benzene rings is 2. The van der Waals surface area contributed by atoms with E-state index in [2.05, 4.69) is 23.8 Å². The summed E-state index contributed by atoms with van der Waals surface area (Å²) in [5.74, 6) is -0.839. The van der Waals surface area contributed by atoms with Crippen LogP contribution in [0, 0.1) is 0 Å². The lowest BCUT2D eigenvalue weighted by Gasteiger charge is -2.16. The topological polar surface area (TPSA) is 78.4 Å². The molecule has 0 fully saturated rings. The van der Waals surface area contributed by atoms with Crippen LogP contribution in [0.15, 0.2) is 60.9 Å². The normalized spacial score (nSPS) is 11.2. The van der Waals surface area contributed by atoms with E-state index in [1.807, 2.05) is 48.5 Å². The van der Waals surface area contributed by atoms with E-state index in [0.717, 1.165) is 38.5 Å². The van der Waals surface area contributed by atoms with Crippen LogP contribution in [-0.2, 0) is 9.47 Å². The fourth-order valence-corrected chi connectivity index (χ4v) is 5.37. The highest BCUT2D eigenvalue weighted by molar-refractivity contribution is 6.14. The molecule has 222 valence electrons. The molecular formula is C36H44N2O4. The minimum Gasteiger partial charge on any atom is -0.462 e. The molecule has 4 rings (SSSR count). The highest BCUT2D eigenvalue weighted by Crippen LogP contribution is 2.35. The summed E-state index contributed by atoms with van der Waals surface area (Å²) in [6, 6.07) is 15.0. The number of unbranched alkanes of at least 4 members (excludes halogenated alkanes) is 10. The van der Waals surface area contributed by atoms with Gasteiger partial charge in [-0.2, -0.15) is 0 Å². The number of hydrogen-bond acceptors (Lipinski definition) is 6. The van der Waals surface area contributed by atoms with Crippen molar-refractivity contribution in [2.24, 2.45) is 0 Å². The van der Waals surface area contributed by atoms with Crippen molar-refractivity contribution in [3.05, 3.63) is 72.1 Å². The molecule has 0 aliphatic rings. The van der Waals surface area contributed by atoms with E-state index in [-0.39, 0.29) is 0 Å². The van der Waals surface area contributed by atoms with Crippen LogP contribution in [0.25, 0.3) is 32.9 Å². The first kappa shape index (κ1) is 31.1. The Bertz CT molecular complexity index is 1350. The van der Waals surface area contributed by atoms with Gasteiger partial charge in [-0.1, -0.05) is 114 Å². The van der Waals surface area contributed by atoms with Gasteiger partial charge < -0.3 is 9.47 Å². The molecule has 0 atom stereocenters. The van der Waals surface area contributed by atoms with Crippen LogP contribution in [0.4, 0.5) is 0 Å². The van der Waals surface area contributed by atoms with Crippen molar-refractivity contribution in [3.8, 4) is 11.1 Å². The summed E-state index contributed by atoms with van der Waals surface area (Å²) in [6.07, 6.45) is 16.6. The number of fused-ring (bicyclic) bond motifs is 2. The van der Waals surface area contributed by atoms with Crippen LogP contribution >= 0.6 is 0 Å². The fraction of sp³-hybridized carbons (Fsp3) is 0.444. The second-order valence-corrected chi connectivity index (χ2v) is 10.9. The van der Waals surface area contributed by atoms with Gasteiger partial charge in [0.15, 0.2) is 0 Å². The van der Waals surface area contributed by atoms with E-state index in [1.165, 1.54) is 38.5 Å². The van der Waals surface area contributed by atoms with Crippen LogP contribution < -0.4 is 0 Å². The van der Waals surface area contributed by atoms with Crippen molar-refractivity contribution in [2.75, 3.05) is 13.2 Å². The Morgan fingerprint density at radius 2 is 0.929 bits per heavy atom. The number of esters is 2. The molecule has 2 aromatic heterocycles. The number of pyridine rings is 2. The third-order valence-electron chi connectivity index (χ3n) is 7.71. The highest BCUT2D eigenvalue weighted by Gasteiger charge is 2.25. The molecule has 6 nitrogen and oxygen atoms in total. The van der Waals surface area contributed by atoms with Gasteiger partial charge >= 0.3 is 11.9 Å². The van der Waals surface area contributed by atoms with Gasteiger partial charge in [0.1, 0.15) is 0 Å². The maximum atomic E-state index is 13.7. The van der Waals surface area contributed by atoms with Crippen molar-refractivity contribution in [1.29, 1.82) is 0 Å². The molecule has 0 radical (unpaired) electrons. The summed E-state index contributed by atoms with van der Waals surface area (Å²) in [4.78, 5) is 36.6. The lowest BCUT2D eigenvalue weighted by Crippen LogP contribution is -2.13. The Morgan fingerprint density at radius 3 is 1.36 bits per heavy atom. The first-order valence-corrected chi connectivity index (χ1v) is 15.8. The van der Waals surface area contributed by atoms with Crippen molar-refractivity contribution in [1.82, 2.24) is 9.97 Å². The number of rotatable bonds is 17. The van der Waals surface area contributed by atoms with Crippen LogP contribution in [0.2, 0.25) is 0 Å². The predicted molar refractivity (Wildman–Crippen MR) is 170 cm³/mol. The van der Waals surface area contributed by atoms with Crippen molar-refractivity contribution in [3.63, 3.8) is 0 Å². The molecule has 0 amide bonds. The van der Waals surface area contributed by atoms with Gasteiger partial charge in [0.2, 0.25) is 0 Å². The number of ether oxygens (including phenoxy) is 2. The maximum Gasteiger partial charge on any atom is 0.339 e. The van der Waals surface area contributed by atoms with Gasteiger partial charge in [0, 0.05) is 34.3 Å². The molecule has 2 heterocycles. The molecule has 0 unspecified atom stereocenters. The molecule has 0 spiro atoms. The first-order valence-electron chi connectivity index (χ1n) is 15.8. The molecule has 6 heteroatoms. The van der Waals surface area contributed by atoms with Crippen LogP contribution in [0.1, 0.15) is 112 Å². The number of nitrogens with zero attached hydrogens (tertiary/aromatic N) is 2. The summed E-state index contributed by atoms with van der Waals surface area (Å²) in [5, 5.41) is 1.37. The zero-order valence-corrected chi connectivity index (χ0v) is 25.2. The Hall–Kier alpha value is -3.80. The summed E-state index contributed by atoms with van der Waals surface area (Å²) >= 11 is 0. The first-order chi connectivity index (χ1) is 20.7. The number of carbonyl (C=O) groups excluding carboxylic acids is 2. The number of hydrogen-bond donors (Lipinski definition) is 0. The Labute approximate surface area is 249 Å². The van der Waals surface area contributed by atoms with Crippen LogP contribution in [0.3, 0.4) is 0 Å². The van der Waals surface area contributed by atoms with Crippen molar-refractivity contribution >= 4 is 33.7 Å². The van der Waals surface area contributed by atoms with E-state index in [9.17, 15) is 9.59 Å². The van der Waals surface area contributed by atoms with Gasteiger partial charge in [-0.15, -0.1) is 0 Å². The molecule has 0 aliphatic heterocycles. The van der Waals surface area contributed by atoms with E-state index in [0.29, 0.717) is 57.3 Å². The average molecular weight is 569 g/mol. The maximum absolute atomic E-state index is 13.7. The summed E-state index contributed by atoms with van der Waals surface area (Å²) < 4.78 is 11.6. The van der Waals surface area contributed by atoms with Crippen LogP contribution in [0.5, 0.6) is 0 Å².